The first-order chi connectivity index (χ1) is 13.3. The highest BCUT2D eigenvalue weighted by molar-refractivity contribution is 6.00. The number of carbonyl (C=O) groups is 3. The van der Waals surface area contributed by atoms with Crippen LogP contribution in [-0.2, 0) is 19.1 Å². The van der Waals surface area contributed by atoms with E-state index in [2.05, 4.69) is 0 Å². The molecule has 0 aromatic heterocycles. The van der Waals surface area contributed by atoms with Crippen molar-refractivity contribution in [2.75, 3.05) is 31.2 Å². The fourth-order valence-corrected chi connectivity index (χ4v) is 3.74. The number of hydrogen-bond acceptors (Lipinski definition) is 4. The van der Waals surface area contributed by atoms with Gasteiger partial charge in [-0.2, -0.15) is 0 Å². The molecule has 1 atom stereocenters. The summed E-state index contributed by atoms with van der Waals surface area (Å²) in [7, 11) is 0. The van der Waals surface area contributed by atoms with Gasteiger partial charge in [0.05, 0.1) is 12.3 Å². The molecule has 7 nitrogen and oxygen atoms in total. The summed E-state index contributed by atoms with van der Waals surface area (Å²) < 4.78 is 32.3. The van der Waals surface area contributed by atoms with Gasteiger partial charge in [-0.3, -0.25) is 14.4 Å². The summed E-state index contributed by atoms with van der Waals surface area (Å²) in [4.78, 5) is 39.2. The zero-order valence-corrected chi connectivity index (χ0v) is 15.3. The average molecular weight is 396 g/mol. The van der Waals surface area contributed by atoms with E-state index in [1.165, 1.54) is 9.80 Å². The van der Waals surface area contributed by atoms with Gasteiger partial charge in [0.2, 0.25) is 11.8 Å². The van der Waals surface area contributed by atoms with Crippen LogP contribution in [0.1, 0.15) is 25.7 Å². The van der Waals surface area contributed by atoms with Crippen molar-refractivity contribution in [3.8, 4) is 0 Å². The van der Waals surface area contributed by atoms with Crippen LogP contribution in [0.25, 0.3) is 0 Å². The van der Waals surface area contributed by atoms with Gasteiger partial charge in [-0.1, -0.05) is 0 Å². The molecular weight excluding hydrogens is 374 g/mol. The summed E-state index contributed by atoms with van der Waals surface area (Å²) >= 11 is 0. The van der Waals surface area contributed by atoms with Crippen molar-refractivity contribution in [2.24, 2.45) is 5.92 Å². The molecule has 2 fully saturated rings. The van der Waals surface area contributed by atoms with E-state index in [-0.39, 0.29) is 43.6 Å². The van der Waals surface area contributed by atoms with Crippen LogP contribution < -0.4 is 4.90 Å². The number of carboxylic acids is 1. The third-order valence-electron chi connectivity index (χ3n) is 5.11. The van der Waals surface area contributed by atoms with E-state index in [9.17, 15) is 23.2 Å². The SMILES string of the molecule is O=C(O)CCN(C(=O)[C@H]1CC(=O)N(c2cc(F)cc(F)c2)C1)C1CCOCC1. The van der Waals surface area contributed by atoms with Gasteiger partial charge in [-0.25, -0.2) is 8.78 Å². The maximum Gasteiger partial charge on any atom is 0.305 e. The van der Waals surface area contributed by atoms with Crippen molar-refractivity contribution in [2.45, 2.75) is 31.7 Å². The topological polar surface area (TPSA) is 87.2 Å². The molecule has 2 amide bonds. The first kappa shape index (κ1) is 20.2. The van der Waals surface area contributed by atoms with E-state index in [4.69, 9.17) is 9.84 Å². The van der Waals surface area contributed by atoms with Gasteiger partial charge in [0.25, 0.3) is 0 Å². The summed E-state index contributed by atoms with van der Waals surface area (Å²) in [5, 5.41) is 9.00. The van der Waals surface area contributed by atoms with Crippen molar-refractivity contribution in [3.63, 3.8) is 0 Å². The molecule has 0 radical (unpaired) electrons. The van der Waals surface area contributed by atoms with Gasteiger partial charge in [0, 0.05) is 50.5 Å². The molecule has 0 aliphatic carbocycles. The lowest BCUT2D eigenvalue weighted by Crippen LogP contribution is -2.47. The predicted molar refractivity (Wildman–Crippen MR) is 94.6 cm³/mol. The second-order valence-corrected chi connectivity index (χ2v) is 7.05. The van der Waals surface area contributed by atoms with Crippen molar-refractivity contribution >= 4 is 23.5 Å². The normalized spacial score (nSPS) is 20.4. The number of carboxylic acid groups (broad SMARTS) is 1. The molecule has 1 aromatic rings. The van der Waals surface area contributed by atoms with Gasteiger partial charge in [0.1, 0.15) is 11.6 Å². The van der Waals surface area contributed by atoms with Crippen LogP contribution >= 0.6 is 0 Å². The van der Waals surface area contributed by atoms with Gasteiger partial charge in [-0.15, -0.1) is 0 Å². The zero-order chi connectivity index (χ0) is 20.3. The summed E-state index contributed by atoms with van der Waals surface area (Å²) in [6, 6.07) is 2.67. The smallest absolute Gasteiger partial charge is 0.305 e. The molecule has 1 aromatic carbocycles. The summed E-state index contributed by atoms with van der Waals surface area (Å²) in [5.41, 5.74) is 0.0703. The van der Waals surface area contributed by atoms with Crippen LogP contribution in [0.5, 0.6) is 0 Å². The molecule has 28 heavy (non-hydrogen) atoms. The number of nitrogens with zero attached hydrogens (tertiary/aromatic N) is 2. The summed E-state index contributed by atoms with van der Waals surface area (Å²) in [6.45, 7) is 1.03. The quantitative estimate of drug-likeness (QED) is 0.792. The summed E-state index contributed by atoms with van der Waals surface area (Å²) in [5.74, 6) is -4.00. The van der Waals surface area contributed by atoms with Gasteiger partial charge < -0.3 is 19.6 Å². The van der Waals surface area contributed by atoms with Crippen molar-refractivity contribution in [1.82, 2.24) is 4.90 Å². The van der Waals surface area contributed by atoms with Gasteiger partial charge in [0.15, 0.2) is 0 Å². The fraction of sp³-hybridized carbons (Fsp3) is 0.526. The van der Waals surface area contributed by atoms with E-state index in [0.717, 1.165) is 12.1 Å². The lowest BCUT2D eigenvalue weighted by molar-refractivity contribution is -0.142. The molecule has 0 saturated carbocycles. The summed E-state index contributed by atoms with van der Waals surface area (Å²) in [6.07, 6.45) is 0.933. The fourth-order valence-electron chi connectivity index (χ4n) is 3.74. The van der Waals surface area contributed by atoms with E-state index < -0.39 is 29.4 Å². The maximum absolute atomic E-state index is 13.5. The molecule has 0 spiro atoms. The Balaban J connectivity index is 1.75. The molecule has 2 heterocycles. The third-order valence-corrected chi connectivity index (χ3v) is 5.11. The number of benzene rings is 1. The number of halogens is 2. The molecule has 152 valence electrons. The number of amides is 2. The largest absolute Gasteiger partial charge is 0.481 e. The van der Waals surface area contributed by atoms with Crippen LogP contribution in [-0.4, -0.2) is 60.1 Å². The van der Waals surface area contributed by atoms with Gasteiger partial charge in [-0.05, 0) is 25.0 Å². The molecule has 2 aliphatic heterocycles. The monoisotopic (exact) mass is 396 g/mol. The van der Waals surface area contributed by atoms with Crippen molar-refractivity contribution in [3.05, 3.63) is 29.8 Å². The van der Waals surface area contributed by atoms with E-state index in [1.54, 1.807) is 0 Å². The number of hydrogen-bond donors (Lipinski definition) is 1. The first-order valence-corrected chi connectivity index (χ1v) is 9.21. The van der Waals surface area contributed by atoms with Crippen LogP contribution in [0.3, 0.4) is 0 Å². The Labute approximate surface area is 160 Å². The Morgan fingerprint density at radius 2 is 1.82 bits per heavy atom. The lowest BCUT2D eigenvalue weighted by atomic mass is 10.0. The Bertz CT molecular complexity index is 746. The highest BCUT2D eigenvalue weighted by atomic mass is 19.1. The lowest BCUT2D eigenvalue weighted by Gasteiger charge is -2.35. The zero-order valence-electron chi connectivity index (χ0n) is 15.3. The van der Waals surface area contributed by atoms with E-state index >= 15 is 0 Å². The number of anilines is 1. The van der Waals surface area contributed by atoms with Crippen LogP contribution in [0.4, 0.5) is 14.5 Å². The Morgan fingerprint density at radius 1 is 1.18 bits per heavy atom. The van der Waals surface area contributed by atoms with Gasteiger partial charge >= 0.3 is 5.97 Å². The molecule has 0 unspecified atom stereocenters. The van der Waals surface area contributed by atoms with Crippen LogP contribution in [0.15, 0.2) is 18.2 Å². The van der Waals surface area contributed by atoms with Crippen molar-refractivity contribution in [1.29, 1.82) is 0 Å². The highest BCUT2D eigenvalue weighted by Crippen LogP contribution is 2.29. The molecule has 3 rings (SSSR count). The van der Waals surface area contributed by atoms with Crippen LogP contribution in [0.2, 0.25) is 0 Å². The molecule has 1 N–H and O–H groups in total. The maximum atomic E-state index is 13.5. The minimum absolute atomic E-state index is 0.00729. The second-order valence-electron chi connectivity index (χ2n) is 7.05. The second kappa shape index (κ2) is 8.64. The number of rotatable bonds is 6. The molecule has 2 aliphatic rings. The van der Waals surface area contributed by atoms with E-state index in [1.807, 2.05) is 0 Å². The Hall–Kier alpha value is -2.55. The first-order valence-electron chi connectivity index (χ1n) is 9.21. The number of carbonyl (C=O) groups excluding carboxylic acids is 2. The molecule has 0 bridgehead atoms. The van der Waals surface area contributed by atoms with Crippen LogP contribution in [0, 0.1) is 17.6 Å². The standard InChI is InChI=1S/C19H22F2N2O5/c20-13-8-14(21)10-16(9-13)23-11-12(7-17(23)24)19(27)22(4-1-18(25)26)15-2-5-28-6-3-15/h8-10,12,15H,1-7,11H2,(H,25,26)/t12-/m0/s1. The molecule has 9 heteroatoms. The molecular formula is C19H22F2N2O5. The predicted octanol–water partition coefficient (Wildman–Crippen LogP) is 1.80. The Morgan fingerprint density at radius 3 is 2.43 bits per heavy atom. The average Bonchev–Trinajstić information content (AvgIpc) is 3.03. The van der Waals surface area contributed by atoms with Crippen molar-refractivity contribution < 1.29 is 33.0 Å². The minimum Gasteiger partial charge on any atom is -0.481 e. The molecule has 2 saturated heterocycles. The highest BCUT2D eigenvalue weighted by Gasteiger charge is 2.39. The number of ether oxygens (including phenoxy) is 1. The third kappa shape index (κ3) is 4.64. The minimum atomic E-state index is -1.01. The number of aliphatic carboxylic acids is 1. The Kier molecular flexibility index (Phi) is 6.23. The van der Waals surface area contributed by atoms with E-state index in [0.29, 0.717) is 32.1 Å².